The van der Waals surface area contributed by atoms with E-state index in [0.29, 0.717) is 59.6 Å². The summed E-state index contributed by atoms with van der Waals surface area (Å²) in [5, 5.41) is 11.6. The maximum Gasteiger partial charge on any atom is 1.00 e. The molecule has 1 aliphatic rings. The third-order valence-electron chi connectivity index (χ3n) is 5.60. The van der Waals surface area contributed by atoms with Crippen molar-refractivity contribution < 1.29 is 58.1 Å². The van der Waals surface area contributed by atoms with E-state index in [0.717, 1.165) is 0 Å². The van der Waals surface area contributed by atoms with Crippen LogP contribution in [-0.4, -0.2) is 18.4 Å². The van der Waals surface area contributed by atoms with E-state index in [1.807, 2.05) is 0 Å². The van der Waals surface area contributed by atoms with Crippen LogP contribution in [0.4, 0.5) is 4.39 Å². The second-order valence-corrected chi connectivity index (χ2v) is 8.23. The van der Waals surface area contributed by atoms with E-state index in [1.54, 1.807) is 48.5 Å². The molecule has 34 heavy (non-hydrogen) atoms. The number of aryl methyl sites for hydroxylation is 1. The number of aliphatic carboxylic acids is 1. The van der Waals surface area contributed by atoms with Crippen molar-refractivity contribution in [2.75, 3.05) is 6.61 Å². The molecule has 1 unspecified atom stereocenters. The zero-order valence-electron chi connectivity index (χ0n) is 18.7. The van der Waals surface area contributed by atoms with Gasteiger partial charge in [-0.15, -0.1) is 0 Å². The average molecular weight is 491 g/mol. The number of Topliss-reactive ketones (excluding diaryl/α,β-unsaturated/α-hetero) is 1. The molecule has 0 N–H and O–H groups in total. The second-order valence-electron chi connectivity index (χ2n) is 7.82. The largest absolute Gasteiger partial charge is 1.00 e. The van der Waals surface area contributed by atoms with E-state index in [1.165, 1.54) is 12.1 Å². The van der Waals surface area contributed by atoms with Crippen molar-refractivity contribution in [2.45, 2.75) is 31.6 Å². The van der Waals surface area contributed by atoms with Crippen molar-refractivity contribution in [3.63, 3.8) is 0 Å². The predicted octanol–water partition coefficient (Wildman–Crippen LogP) is 2.10. The van der Waals surface area contributed by atoms with E-state index in [4.69, 9.17) is 21.1 Å². The third kappa shape index (κ3) is 6.19. The SMILES string of the molecule is O=C(CCCc1ccccc1F)c1ccc(Oc2cc3c(cc2Cl)C(C(=O)[O-])CCO3)cc1.[Na+]. The van der Waals surface area contributed by atoms with Crippen LogP contribution in [0.15, 0.2) is 60.7 Å². The number of fused-ring (bicyclic) bond motifs is 1. The number of carboxylic acids is 1. The summed E-state index contributed by atoms with van der Waals surface area (Å²) < 4.78 is 25.1. The molecule has 3 aromatic carbocycles. The smallest absolute Gasteiger partial charge is 0.549 e. The van der Waals surface area contributed by atoms with Crippen molar-refractivity contribution in [3.8, 4) is 17.2 Å². The third-order valence-corrected chi connectivity index (χ3v) is 5.90. The van der Waals surface area contributed by atoms with E-state index < -0.39 is 11.9 Å². The van der Waals surface area contributed by atoms with Gasteiger partial charge in [-0.05, 0) is 61.2 Å². The van der Waals surface area contributed by atoms with Crippen LogP contribution < -0.4 is 44.1 Å². The van der Waals surface area contributed by atoms with Crippen molar-refractivity contribution in [3.05, 3.63) is 88.2 Å². The van der Waals surface area contributed by atoms with Gasteiger partial charge in [-0.1, -0.05) is 29.8 Å². The molecule has 170 valence electrons. The number of carbonyl (C=O) groups is 2. The molecule has 0 saturated heterocycles. The first kappa shape index (κ1) is 26.2. The topological polar surface area (TPSA) is 75.7 Å². The summed E-state index contributed by atoms with van der Waals surface area (Å²) >= 11 is 6.31. The number of carboxylic acid groups (broad SMARTS) is 1. The number of rotatable bonds is 8. The van der Waals surface area contributed by atoms with Gasteiger partial charge in [-0.25, -0.2) is 4.39 Å². The first-order chi connectivity index (χ1) is 15.9. The Labute approximate surface area is 224 Å². The van der Waals surface area contributed by atoms with Crippen LogP contribution in [0, 0.1) is 5.82 Å². The van der Waals surface area contributed by atoms with E-state index in [-0.39, 0.29) is 52.8 Å². The van der Waals surface area contributed by atoms with Crippen molar-refractivity contribution in [2.24, 2.45) is 0 Å². The zero-order valence-corrected chi connectivity index (χ0v) is 21.4. The minimum Gasteiger partial charge on any atom is -0.549 e. The fourth-order valence-corrected chi connectivity index (χ4v) is 4.04. The second kappa shape index (κ2) is 11.8. The van der Waals surface area contributed by atoms with E-state index in [9.17, 15) is 19.1 Å². The summed E-state index contributed by atoms with van der Waals surface area (Å²) in [5.74, 6) is -1.05. The van der Waals surface area contributed by atoms with Crippen molar-refractivity contribution >= 4 is 23.4 Å². The van der Waals surface area contributed by atoms with Crippen LogP contribution in [0.2, 0.25) is 5.02 Å². The maximum absolute atomic E-state index is 13.7. The summed E-state index contributed by atoms with van der Waals surface area (Å²) in [4.78, 5) is 23.8. The van der Waals surface area contributed by atoms with Gasteiger partial charge < -0.3 is 19.4 Å². The molecule has 0 fully saturated rings. The van der Waals surface area contributed by atoms with Crippen LogP contribution in [0.25, 0.3) is 0 Å². The molecule has 0 bridgehead atoms. The number of halogens is 2. The standard InChI is InChI=1S/C26H22ClFO5.Na/c27-21-14-20-19(26(30)31)12-13-32-24(20)15-25(21)33-18-10-8-17(9-11-18)23(29)7-3-5-16-4-1-2-6-22(16)28;/h1-2,4,6,8-11,14-15,19H,3,5,7,12-13H2,(H,30,31);/q;+1/p-1. The van der Waals surface area contributed by atoms with Gasteiger partial charge in [-0.3, -0.25) is 4.79 Å². The summed E-state index contributed by atoms with van der Waals surface area (Å²) in [6.45, 7) is 0.264. The molecule has 0 saturated carbocycles. The molecule has 8 heteroatoms. The first-order valence-corrected chi connectivity index (χ1v) is 11.0. The number of ketones is 1. The molecule has 1 atom stereocenters. The van der Waals surface area contributed by atoms with Crippen LogP contribution in [-0.2, 0) is 11.2 Å². The first-order valence-electron chi connectivity index (χ1n) is 10.6. The van der Waals surface area contributed by atoms with Gasteiger partial charge in [0, 0.05) is 35.5 Å². The summed E-state index contributed by atoms with van der Waals surface area (Å²) in [6.07, 6.45) is 1.68. The Kier molecular flexibility index (Phi) is 9.14. The Bertz CT molecular complexity index is 1180. The van der Waals surface area contributed by atoms with Crippen LogP contribution in [0.1, 0.15) is 46.7 Å². The summed E-state index contributed by atoms with van der Waals surface area (Å²) in [6, 6.07) is 16.3. The van der Waals surface area contributed by atoms with E-state index >= 15 is 0 Å². The van der Waals surface area contributed by atoms with Crippen LogP contribution in [0.5, 0.6) is 17.2 Å². The molecule has 5 nitrogen and oxygen atoms in total. The number of hydrogen-bond donors (Lipinski definition) is 0. The van der Waals surface area contributed by atoms with Gasteiger partial charge in [-0.2, -0.15) is 0 Å². The summed E-state index contributed by atoms with van der Waals surface area (Å²) in [7, 11) is 0. The number of benzene rings is 3. The van der Waals surface area contributed by atoms with Gasteiger partial charge >= 0.3 is 29.6 Å². The molecule has 3 aromatic rings. The van der Waals surface area contributed by atoms with Gasteiger partial charge in [0.05, 0.1) is 11.6 Å². The van der Waals surface area contributed by atoms with Crippen LogP contribution >= 0.6 is 11.6 Å². The molecule has 1 heterocycles. The van der Waals surface area contributed by atoms with Crippen LogP contribution in [0.3, 0.4) is 0 Å². The fraction of sp³-hybridized carbons (Fsp3) is 0.231. The van der Waals surface area contributed by atoms with Crippen molar-refractivity contribution in [1.82, 2.24) is 0 Å². The maximum atomic E-state index is 13.7. The normalized spacial score (nSPS) is 14.4. The van der Waals surface area contributed by atoms with Gasteiger partial charge in [0.25, 0.3) is 0 Å². The molecule has 0 radical (unpaired) electrons. The Hall–Kier alpha value is -2.38. The number of carbonyl (C=O) groups excluding carboxylic acids is 2. The molecular weight excluding hydrogens is 470 g/mol. The van der Waals surface area contributed by atoms with Crippen molar-refractivity contribution in [1.29, 1.82) is 0 Å². The van der Waals surface area contributed by atoms with Gasteiger partial charge in [0.2, 0.25) is 0 Å². The summed E-state index contributed by atoms with van der Waals surface area (Å²) in [5.41, 5.74) is 1.60. The Morgan fingerprint density at radius 2 is 1.85 bits per heavy atom. The minimum absolute atomic E-state index is 0. The Morgan fingerprint density at radius 3 is 2.56 bits per heavy atom. The quantitative estimate of drug-likeness (QED) is 0.357. The molecular formula is C26H21ClFNaO5. The molecule has 4 rings (SSSR count). The number of ether oxygens (including phenoxy) is 2. The molecule has 0 amide bonds. The van der Waals surface area contributed by atoms with Gasteiger partial charge in [0.1, 0.15) is 23.1 Å². The fourth-order valence-electron chi connectivity index (χ4n) is 3.83. The minimum atomic E-state index is -1.17. The Morgan fingerprint density at radius 1 is 1.12 bits per heavy atom. The monoisotopic (exact) mass is 490 g/mol. The van der Waals surface area contributed by atoms with E-state index in [2.05, 4.69) is 0 Å². The molecule has 1 aliphatic heterocycles. The average Bonchev–Trinajstić information content (AvgIpc) is 2.80. The molecule has 0 aromatic heterocycles. The Balaban J connectivity index is 0.00000324. The predicted molar refractivity (Wildman–Crippen MR) is 119 cm³/mol. The molecule has 0 spiro atoms. The molecule has 0 aliphatic carbocycles. The van der Waals surface area contributed by atoms with Gasteiger partial charge in [0.15, 0.2) is 5.78 Å². The zero-order chi connectivity index (χ0) is 23.4. The number of hydrogen-bond acceptors (Lipinski definition) is 5.